The van der Waals surface area contributed by atoms with Crippen molar-refractivity contribution in [1.29, 1.82) is 0 Å². The molecule has 0 bridgehead atoms. The van der Waals surface area contributed by atoms with Crippen molar-refractivity contribution in [3.05, 3.63) is 53.0 Å². The number of carbonyl (C=O) groups excluding carboxylic acids is 1. The van der Waals surface area contributed by atoms with Crippen molar-refractivity contribution < 1.29 is 4.79 Å². The van der Waals surface area contributed by atoms with E-state index in [1.165, 1.54) is 0 Å². The highest BCUT2D eigenvalue weighted by Gasteiger charge is 2.02. The Labute approximate surface area is 133 Å². The van der Waals surface area contributed by atoms with Crippen LogP contribution in [-0.4, -0.2) is 5.91 Å². The molecule has 1 amide bonds. The van der Waals surface area contributed by atoms with E-state index >= 15 is 0 Å². The maximum atomic E-state index is 11.7. The SMILES string of the molecule is CCCCC(=O)Nc1ccc(Nc2ccccc2Br)cc1. The van der Waals surface area contributed by atoms with Crippen LogP contribution in [0.2, 0.25) is 0 Å². The predicted molar refractivity (Wildman–Crippen MR) is 92.0 cm³/mol. The van der Waals surface area contributed by atoms with E-state index in [0.717, 1.165) is 34.4 Å². The van der Waals surface area contributed by atoms with Crippen molar-refractivity contribution in [3.8, 4) is 0 Å². The first-order valence-corrected chi connectivity index (χ1v) is 7.90. The molecule has 3 nitrogen and oxygen atoms in total. The number of rotatable bonds is 6. The number of amides is 1. The number of hydrogen-bond acceptors (Lipinski definition) is 2. The highest BCUT2D eigenvalue weighted by Crippen LogP contribution is 2.25. The van der Waals surface area contributed by atoms with Crippen LogP contribution in [0.1, 0.15) is 26.2 Å². The number of benzene rings is 2. The zero-order chi connectivity index (χ0) is 15.1. The zero-order valence-electron chi connectivity index (χ0n) is 12.0. The van der Waals surface area contributed by atoms with Gasteiger partial charge in [-0.25, -0.2) is 0 Å². The third-order valence-corrected chi connectivity index (χ3v) is 3.77. The Bertz CT molecular complexity index is 596. The molecule has 0 heterocycles. The molecule has 0 aliphatic carbocycles. The van der Waals surface area contributed by atoms with Gasteiger partial charge in [0, 0.05) is 22.3 Å². The van der Waals surface area contributed by atoms with E-state index in [1.807, 2.05) is 48.5 Å². The second-order valence-corrected chi connectivity index (χ2v) is 5.69. The van der Waals surface area contributed by atoms with Crippen LogP contribution < -0.4 is 10.6 Å². The van der Waals surface area contributed by atoms with Gasteiger partial charge in [-0.1, -0.05) is 25.5 Å². The molecule has 0 atom stereocenters. The quantitative estimate of drug-likeness (QED) is 0.742. The molecule has 21 heavy (non-hydrogen) atoms. The lowest BCUT2D eigenvalue weighted by atomic mass is 10.2. The standard InChI is InChI=1S/C17H19BrN2O/c1-2-3-8-17(21)20-14-11-9-13(10-12-14)19-16-7-5-4-6-15(16)18/h4-7,9-12,19H,2-3,8H2,1H3,(H,20,21). The highest BCUT2D eigenvalue weighted by atomic mass is 79.9. The molecular formula is C17H19BrN2O. The molecule has 0 radical (unpaired) electrons. The third-order valence-electron chi connectivity index (χ3n) is 3.08. The number of halogens is 1. The number of hydrogen-bond donors (Lipinski definition) is 2. The van der Waals surface area contributed by atoms with Crippen LogP contribution in [0.25, 0.3) is 0 Å². The molecule has 0 saturated heterocycles. The van der Waals surface area contributed by atoms with Gasteiger partial charge in [0.05, 0.1) is 5.69 Å². The summed E-state index contributed by atoms with van der Waals surface area (Å²) in [6.45, 7) is 2.08. The van der Waals surface area contributed by atoms with Crippen molar-refractivity contribution >= 4 is 38.9 Å². The Morgan fingerprint density at radius 1 is 1.05 bits per heavy atom. The molecule has 0 unspecified atom stereocenters. The molecule has 2 N–H and O–H groups in total. The van der Waals surface area contributed by atoms with E-state index in [4.69, 9.17) is 0 Å². The third kappa shape index (κ3) is 4.90. The Kier molecular flexibility index (Phi) is 5.81. The molecular weight excluding hydrogens is 328 g/mol. The normalized spacial score (nSPS) is 10.2. The van der Waals surface area contributed by atoms with Crippen LogP contribution in [0.3, 0.4) is 0 Å². The monoisotopic (exact) mass is 346 g/mol. The predicted octanol–water partition coefficient (Wildman–Crippen LogP) is 5.32. The molecule has 4 heteroatoms. The Morgan fingerprint density at radius 3 is 2.38 bits per heavy atom. The van der Waals surface area contributed by atoms with E-state index < -0.39 is 0 Å². The van der Waals surface area contributed by atoms with Crippen molar-refractivity contribution in [3.63, 3.8) is 0 Å². The summed E-state index contributed by atoms with van der Waals surface area (Å²) in [5.41, 5.74) is 2.82. The number of anilines is 3. The van der Waals surface area contributed by atoms with Crippen LogP contribution >= 0.6 is 15.9 Å². The Balaban J connectivity index is 1.96. The lowest BCUT2D eigenvalue weighted by Crippen LogP contribution is -2.10. The molecule has 0 spiro atoms. The number of carbonyl (C=O) groups is 1. The maximum Gasteiger partial charge on any atom is 0.224 e. The first kappa shape index (κ1) is 15.6. The summed E-state index contributed by atoms with van der Waals surface area (Å²) in [5, 5.41) is 6.23. The Hall–Kier alpha value is -1.81. The number of unbranched alkanes of at least 4 members (excludes halogenated alkanes) is 1. The van der Waals surface area contributed by atoms with Gasteiger partial charge in [-0.15, -0.1) is 0 Å². The van der Waals surface area contributed by atoms with Crippen molar-refractivity contribution in [1.82, 2.24) is 0 Å². The molecule has 2 aromatic rings. The molecule has 2 rings (SSSR count). The molecule has 110 valence electrons. The molecule has 0 aliphatic rings. The summed E-state index contributed by atoms with van der Waals surface area (Å²) in [5.74, 6) is 0.0726. The highest BCUT2D eigenvalue weighted by molar-refractivity contribution is 9.10. The average molecular weight is 347 g/mol. The lowest BCUT2D eigenvalue weighted by molar-refractivity contribution is -0.116. The average Bonchev–Trinajstić information content (AvgIpc) is 2.49. The van der Waals surface area contributed by atoms with Gasteiger partial charge in [0.15, 0.2) is 0 Å². The van der Waals surface area contributed by atoms with Gasteiger partial charge < -0.3 is 10.6 Å². The van der Waals surface area contributed by atoms with E-state index in [0.29, 0.717) is 6.42 Å². The van der Waals surface area contributed by atoms with Gasteiger partial charge in [-0.05, 0) is 58.7 Å². The van der Waals surface area contributed by atoms with E-state index in [2.05, 4.69) is 33.5 Å². The van der Waals surface area contributed by atoms with Crippen molar-refractivity contribution in [2.24, 2.45) is 0 Å². The van der Waals surface area contributed by atoms with Crippen LogP contribution in [0.15, 0.2) is 53.0 Å². The molecule has 0 fully saturated rings. The number of para-hydroxylation sites is 1. The van der Waals surface area contributed by atoms with Gasteiger partial charge >= 0.3 is 0 Å². The topological polar surface area (TPSA) is 41.1 Å². The minimum atomic E-state index is 0.0726. The summed E-state index contributed by atoms with van der Waals surface area (Å²) < 4.78 is 1.02. The van der Waals surface area contributed by atoms with Crippen molar-refractivity contribution in [2.45, 2.75) is 26.2 Å². The van der Waals surface area contributed by atoms with Crippen LogP contribution in [-0.2, 0) is 4.79 Å². The minimum Gasteiger partial charge on any atom is -0.355 e. The lowest BCUT2D eigenvalue weighted by Gasteiger charge is -2.10. The summed E-state index contributed by atoms with van der Waals surface area (Å²) in [4.78, 5) is 11.7. The second-order valence-electron chi connectivity index (χ2n) is 4.83. The summed E-state index contributed by atoms with van der Waals surface area (Å²) in [6.07, 6.45) is 2.53. The smallest absolute Gasteiger partial charge is 0.224 e. The fourth-order valence-corrected chi connectivity index (χ4v) is 2.30. The van der Waals surface area contributed by atoms with Crippen molar-refractivity contribution in [2.75, 3.05) is 10.6 Å². The Morgan fingerprint density at radius 2 is 1.71 bits per heavy atom. The fourth-order valence-electron chi connectivity index (χ4n) is 1.92. The van der Waals surface area contributed by atoms with E-state index in [9.17, 15) is 4.79 Å². The van der Waals surface area contributed by atoms with Gasteiger partial charge in [-0.3, -0.25) is 4.79 Å². The first-order valence-electron chi connectivity index (χ1n) is 7.10. The van der Waals surface area contributed by atoms with Gasteiger partial charge in [0.2, 0.25) is 5.91 Å². The fraction of sp³-hybridized carbons (Fsp3) is 0.235. The van der Waals surface area contributed by atoms with E-state index in [-0.39, 0.29) is 5.91 Å². The number of nitrogens with one attached hydrogen (secondary N) is 2. The largest absolute Gasteiger partial charge is 0.355 e. The molecule has 0 aliphatic heterocycles. The molecule has 0 saturated carbocycles. The minimum absolute atomic E-state index is 0.0726. The van der Waals surface area contributed by atoms with Gasteiger partial charge in [-0.2, -0.15) is 0 Å². The zero-order valence-corrected chi connectivity index (χ0v) is 13.6. The molecule has 2 aromatic carbocycles. The molecule has 0 aromatic heterocycles. The van der Waals surface area contributed by atoms with Gasteiger partial charge in [0.25, 0.3) is 0 Å². The van der Waals surface area contributed by atoms with Crippen LogP contribution in [0.5, 0.6) is 0 Å². The summed E-state index contributed by atoms with van der Waals surface area (Å²) in [6, 6.07) is 15.7. The summed E-state index contributed by atoms with van der Waals surface area (Å²) in [7, 11) is 0. The summed E-state index contributed by atoms with van der Waals surface area (Å²) >= 11 is 3.51. The van der Waals surface area contributed by atoms with Gasteiger partial charge in [0.1, 0.15) is 0 Å². The maximum absolute atomic E-state index is 11.7. The van der Waals surface area contributed by atoms with E-state index in [1.54, 1.807) is 0 Å². The second kappa shape index (κ2) is 7.84. The van der Waals surface area contributed by atoms with Crippen LogP contribution in [0.4, 0.5) is 17.1 Å². The van der Waals surface area contributed by atoms with Crippen LogP contribution in [0, 0.1) is 0 Å². The first-order chi connectivity index (χ1) is 10.2.